The van der Waals surface area contributed by atoms with Crippen LogP contribution in [0, 0.1) is 12.3 Å². The normalized spacial score (nSPS) is 15.6. The molecule has 3 aromatic rings. The second-order valence-electron chi connectivity index (χ2n) is 8.97. The van der Waals surface area contributed by atoms with Crippen molar-refractivity contribution in [2.45, 2.75) is 39.7 Å². The van der Waals surface area contributed by atoms with E-state index in [-0.39, 0.29) is 24.4 Å². The van der Waals surface area contributed by atoms with Gasteiger partial charge >= 0.3 is 0 Å². The molecular weight excluding hydrogens is 418 g/mol. The minimum absolute atomic E-state index is 0.0348. The van der Waals surface area contributed by atoms with Gasteiger partial charge in [0, 0.05) is 43.1 Å². The molecule has 9 nitrogen and oxygen atoms in total. The van der Waals surface area contributed by atoms with Crippen LogP contribution in [-0.2, 0) is 4.79 Å². The van der Waals surface area contributed by atoms with Crippen molar-refractivity contribution in [1.29, 1.82) is 0 Å². The quantitative estimate of drug-likeness (QED) is 0.458. The number of nitrogens with one attached hydrogen (secondary N) is 3. The van der Waals surface area contributed by atoms with Crippen LogP contribution in [-0.4, -0.2) is 52.4 Å². The number of aromatic amines is 1. The number of piperidine rings is 1. The molecule has 1 aromatic carbocycles. The Hall–Kier alpha value is -3.46. The van der Waals surface area contributed by atoms with Gasteiger partial charge in [-0.05, 0) is 57.9 Å². The summed E-state index contributed by atoms with van der Waals surface area (Å²) in [5, 5.41) is 6.83. The van der Waals surface area contributed by atoms with Gasteiger partial charge in [0.05, 0.1) is 10.8 Å². The maximum absolute atomic E-state index is 13.3. The molecule has 1 fully saturated rings. The number of carbonyl (C=O) groups is 2. The summed E-state index contributed by atoms with van der Waals surface area (Å²) in [4.78, 5) is 40.1. The fourth-order valence-electron chi connectivity index (χ4n) is 4.29. The molecule has 0 spiro atoms. The first-order chi connectivity index (χ1) is 15.8. The number of aryl methyl sites for hydroxylation is 1. The average Bonchev–Trinajstić information content (AvgIpc) is 3.26. The van der Waals surface area contributed by atoms with Crippen molar-refractivity contribution in [2.75, 3.05) is 29.9 Å². The van der Waals surface area contributed by atoms with Crippen LogP contribution >= 0.6 is 0 Å². The number of anilines is 2. The van der Waals surface area contributed by atoms with Crippen LogP contribution < -0.4 is 21.3 Å². The third-order valence-electron chi connectivity index (χ3n) is 6.20. The number of fused-ring (bicyclic) bond motifs is 1. The average molecular weight is 450 g/mol. The van der Waals surface area contributed by atoms with Crippen molar-refractivity contribution < 1.29 is 9.59 Å². The lowest BCUT2D eigenvalue weighted by atomic mass is 9.77. The van der Waals surface area contributed by atoms with Crippen LogP contribution in [0.15, 0.2) is 36.5 Å². The molecule has 33 heavy (non-hydrogen) atoms. The minimum atomic E-state index is -0.675. The summed E-state index contributed by atoms with van der Waals surface area (Å²) in [6.07, 6.45) is 3.08. The monoisotopic (exact) mass is 449 g/mol. The summed E-state index contributed by atoms with van der Waals surface area (Å²) in [6, 6.07) is 8.99. The Balaban J connectivity index is 1.47. The highest BCUT2D eigenvalue weighted by Crippen LogP contribution is 2.35. The van der Waals surface area contributed by atoms with Crippen LogP contribution in [0.3, 0.4) is 0 Å². The van der Waals surface area contributed by atoms with Crippen LogP contribution in [0.4, 0.5) is 11.5 Å². The van der Waals surface area contributed by atoms with E-state index < -0.39 is 5.41 Å². The number of hydrogen-bond donors (Lipinski definition) is 4. The van der Waals surface area contributed by atoms with Crippen LogP contribution in [0.5, 0.6) is 0 Å². The van der Waals surface area contributed by atoms with E-state index in [1.165, 1.54) is 0 Å². The molecule has 1 saturated heterocycles. The van der Waals surface area contributed by atoms with Crippen molar-refractivity contribution in [1.82, 2.24) is 20.3 Å². The van der Waals surface area contributed by atoms with Gasteiger partial charge in [-0.15, -0.1) is 0 Å². The zero-order valence-corrected chi connectivity index (χ0v) is 19.3. The maximum atomic E-state index is 13.3. The van der Waals surface area contributed by atoms with E-state index in [4.69, 9.17) is 5.73 Å². The van der Waals surface area contributed by atoms with Gasteiger partial charge in [-0.3, -0.25) is 9.59 Å². The number of hydrogen-bond acceptors (Lipinski definition) is 6. The summed E-state index contributed by atoms with van der Waals surface area (Å²) < 4.78 is 0. The second-order valence-corrected chi connectivity index (χ2v) is 8.97. The molecule has 0 aliphatic carbocycles. The topological polar surface area (TPSA) is 129 Å². The third-order valence-corrected chi connectivity index (χ3v) is 6.20. The van der Waals surface area contributed by atoms with Crippen LogP contribution in [0.1, 0.15) is 42.9 Å². The zero-order valence-electron chi connectivity index (χ0n) is 19.3. The Kier molecular flexibility index (Phi) is 6.33. The predicted octanol–water partition coefficient (Wildman–Crippen LogP) is 2.59. The molecule has 0 atom stereocenters. The molecule has 9 heteroatoms. The predicted molar refractivity (Wildman–Crippen MR) is 129 cm³/mol. The third kappa shape index (κ3) is 4.68. The fourth-order valence-corrected chi connectivity index (χ4v) is 4.29. The Morgan fingerprint density at radius 1 is 1.21 bits per heavy atom. The highest BCUT2D eigenvalue weighted by Gasteiger charge is 2.41. The Morgan fingerprint density at radius 3 is 2.67 bits per heavy atom. The van der Waals surface area contributed by atoms with Gasteiger partial charge in [-0.25, -0.2) is 9.97 Å². The van der Waals surface area contributed by atoms with Gasteiger partial charge in [0.15, 0.2) is 0 Å². The molecule has 5 N–H and O–H groups in total. The molecule has 0 radical (unpaired) electrons. The first-order valence-corrected chi connectivity index (χ1v) is 11.3. The molecule has 1 aliphatic heterocycles. The molecule has 2 aromatic heterocycles. The largest absolute Gasteiger partial charge is 0.356 e. The summed E-state index contributed by atoms with van der Waals surface area (Å²) >= 11 is 0. The number of amides is 2. The lowest BCUT2D eigenvalue weighted by molar-refractivity contribution is -0.126. The minimum Gasteiger partial charge on any atom is -0.356 e. The second kappa shape index (κ2) is 9.19. The van der Waals surface area contributed by atoms with Crippen molar-refractivity contribution in [3.8, 4) is 0 Å². The van der Waals surface area contributed by atoms with Crippen molar-refractivity contribution in [2.24, 2.45) is 11.1 Å². The van der Waals surface area contributed by atoms with Gasteiger partial charge in [0.2, 0.25) is 5.91 Å². The first kappa shape index (κ1) is 22.7. The van der Waals surface area contributed by atoms with Gasteiger partial charge < -0.3 is 26.3 Å². The molecular formula is C24H31N7O2. The molecule has 174 valence electrons. The SMILES string of the molecule is Cc1nc(N2CCC(CN)(C(=O)Nc3cccc(C(=O)NC(C)C)c3)CC2)c2cc[nH]c2n1. The molecule has 4 rings (SSSR count). The van der Waals surface area contributed by atoms with Gasteiger partial charge in [-0.1, -0.05) is 6.07 Å². The molecule has 0 unspecified atom stereocenters. The number of rotatable bonds is 6. The molecule has 0 bridgehead atoms. The number of nitrogens with two attached hydrogens (primary N) is 1. The Labute approximate surface area is 193 Å². The van der Waals surface area contributed by atoms with Gasteiger partial charge in [0.25, 0.3) is 5.91 Å². The number of H-pyrrole nitrogens is 1. The summed E-state index contributed by atoms with van der Waals surface area (Å²) in [6.45, 7) is 7.27. The number of benzene rings is 1. The summed E-state index contributed by atoms with van der Waals surface area (Å²) in [5.41, 5.74) is 7.37. The number of nitrogens with zero attached hydrogens (tertiary/aromatic N) is 3. The van der Waals surface area contributed by atoms with E-state index in [9.17, 15) is 9.59 Å². The van der Waals surface area contributed by atoms with E-state index in [1.807, 2.05) is 33.0 Å². The van der Waals surface area contributed by atoms with E-state index in [0.717, 1.165) is 16.9 Å². The van der Waals surface area contributed by atoms with Crippen molar-refractivity contribution >= 4 is 34.4 Å². The smallest absolute Gasteiger partial charge is 0.251 e. The fraction of sp³-hybridized carbons (Fsp3) is 0.417. The summed E-state index contributed by atoms with van der Waals surface area (Å²) in [7, 11) is 0. The van der Waals surface area contributed by atoms with Crippen molar-refractivity contribution in [3.05, 3.63) is 47.9 Å². The highest BCUT2D eigenvalue weighted by atomic mass is 16.2. The van der Waals surface area contributed by atoms with Crippen LogP contribution in [0.2, 0.25) is 0 Å². The molecule has 3 heterocycles. The molecule has 1 aliphatic rings. The van der Waals surface area contributed by atoms with E-state index in [1.54, 1.807) is 24.3 Å². The zero-order chi connectivity index (χ0) is 23.6. The lowest BCUT2D eigenvalue weighted by Gasteiger charge is -2.40. The summed E-state index contributed by atoms with van der Waals surface area (Å²) in [5.74, 6) is 1.30. The Morgan fingerprint density at radius 2 is 1.97 bits per heavy atom. The Bertz CT molecular complexity index is 1160. The highest BCUT2D eigenvalue weighted by molar-refractivity contribution is 5.99. The van der Waals surface area contributed by atoms with E-state index in [2.05, 4.69) is 30.5 Å². The van der Waals surface area contributed by atoms with E-state index >= 15 is 0 Å². The first-order valence-electron chi connectivity index (χ1n) is 11.3. The van der Waals surface area contributed by atoms with Gasteiger partial charge in [0.1, 0.15) is 17.3 Å². The van der Waals surface area contributed by atoms with E-state index in [0.29, 0.717) is 43.0 Å². The van der Waals surface area contributed by atoms with Gasteiger partial charge in [-0.2, -0.15) is 0 Å². The van der Waals surface area contributed by atoms with Crippen molar-refractivity contribution in [3.63, 3.8) is 0 Å². The number of aromatic nitrogens is 3. The van der Waals surface area contributed by atoms with Crippen LogP contribution in [0.25, 0.3) is 11.0 Å². The maximum Gasteiger partial charge on any atom is 0.251 e. The lowest BCUT2D eigenvalue weighted by Crippen LogP contribution is -2.50. The molecule has 0 saturated carbocycles. The molecule has 2 amide bonds. The number of carbonyl (C=O) groups excluding carboxylic acids is 2. The standard InChI is InChI=1S/C24H31N7O2/c1-15(2)27-22(32)17-5-4-6-18(13-17)30-23(33)24(14-25)8-11-31(12-9-24)21-19-7-10-26-20(19)28-16(3)29-21/h4-7,10,13,15H,8-9,11-12,14,25H2,1-3H3,(H,27,32)(H,30,33)(H,26,28,29).